The molecule has 3 atom stereocenters. The monoisotopic (exact) mass is 246 g/mol. The number of ether oxygens (including phenoxy) is 1. The number of nitrogens with zero attached hydrogens (tertiary/aromatic N) is 1. The molecule has 98 valence electrons. The molecule has 2 aliphatic rings. The number of hydrogen-bond acceptors (Lipinski definition) is 3. The van der Waals surface area contributed by atoms with Crippen LogP contribution in [0, 0.1) is 6.92 Å². The van der Waals surface area contributed by atoms with Crippen molar-refractivity contribution in [2.75, 3.05) is 13.6 Å². The molecular weight excluding hydrogens is 224 g/mol. The molecule has 0 amide bonds. The van der Waals surface area contributed by atoms with Crippen molar-refractivity contribution in [2.45, 2.75) is 44.4 Å². The topological polar surface area (TPSA) is 38.5 Å². The van der Waals surface area contributed by atoms with Crippen LogP contribution in [0.25, 0.3) is 0 Å². The van der Waals surface area contributed by atoms with E-state index in [-0.39, 0.29) is 11.6 Å². The molecule has 3 heteroatoms. The van der Waals surface area contributed by atoms with Crippen molar-refractivity contribution in [2.24, 2.45) is 5.73 Å². The van der Waals surface area contributed by atoms with Crippen LogP contribution in [-0.2, 0) is 0 Å². The first-order valence-electron chi connectivity index (χ1n) is 6.74. The smallest absolute Gasteiger partial charge is 0.125 e. The highest BCUT2D eigenvalue weighted by Crippen LogP contribution is 2.44. The Balaban J connectivity index is 1.95. The minimum Gasteiger partial charge on any atom is -0.485 e. The van der Waals surface area contributed by atoms with Gasteiger partial charge in [0.2, 0.25) is 0 Å². The summed E-state index contributed by atoms with van der Waals surface area (Å²) in [6.07, 6.45) is 2.00. The highest BCUT2D eigenvalue weighted by atomic mass is 16.5. The number of likely N-dealkylation sites (N-methyl/N-ethyl adjacent to an activating group) is 1. The predicted octanol–water partition coefficient (Wildman–Crippen LogP) is 2.24. The Morgan fingerprint density at radius 1 is 1.39 bits per heavy atom. The second kappa shape index (κ2) is 3.97. The molecule has 1 spiro atoms. The average molecular weight is 246 g/mol. The number of likely N-dealkylation sites (tertiary alicyclic amines) is 1. The van der Waals surface area contributed by atoms with Crippen LogP contribution in [0.15, 0.2) is 18.2 Å². The molecule has 0 bridgehead atoms. The van der Waals surface area contributed by atoms with Gasteiger partial charge in [-0.2, -0.15) is 0 Å². The SMILES string of the molecule is Cc1ccc2c(c1)[C@H](N)CC1(CC(C)N(C)C1)O2. The lowest BCUT2D eigenvalue weighted by Crippen LogP contribution is -2.44. The first-order valence-corrected chi connectivity index (χ1v) is 6.74. The molecule has 0 radical (unpaired) electrons. The Hall–Kier alpha value is -1.06. The zero-order chi connectivity index (χ0) is 12.9. The molecule has 2 N–H and O–H groups in total. The summed E-state index contributed by atoms with van der Waals surface area (Å²) in [4.78, 5) is 2.37. The highest BCUT2D eigenvalue weighted by Gasteiger charge is 2.46. The summed E-state index contributed by atoms with van der Waals surface area (Å²) in [6, 6.07) is 7.02. The van der Waals surface area contributed by atoms with Crippen LogP contribution in [0.5, 0.6) is 5.75 Å². The molecule has 0 saturated carbocycles. The fourth-order valence-electron chi connectivity index (χ4n) is 3.43. The number of benzene rings is 1. The Morgan fingerprint density at radius 3 is 2.83 bits per heavy atom. The van der Waals surface area contributed by atoms with Crippen LogP contribution >= 0.6 is 0 Å². The Bertz CT molecular complexity index is 462. The first kappa shape index (κ1) is 12.0. The molecule has 0 aliphatic carbocycles. The van der Waals surface area contributed by atoms with E-state index in [1.807, 2.05) is 0 Å². The molecule has 1 aromatic rings. The van der Waals surface area contributed by atoms with Crippen LogP contribution in [0.2, 0.25) is 0 Å². The lowest BCUT2D eigenvalue weighted by Gasteiger charge is -2.38. The summed E-state index contributed by atoms with van der Waals surface area (Å²) in [5.74, 6) is 0.988. The first-order chi connectivity index (χ1) is 8.49. The fourth-order valence-corrected chi connectivity index (χ4v) is 3.43. The van der Waals surface area contributed by atoms with E-state index >= 15 is 0 Å². The molecule has 0 aromatic heterocycles. The third-order valence-corrected chi connectivity index (χ3v) is 4.44. The maximum Gasteiger partial charge on any atom is 0.125 e. The Kier molecular flexibility index (Phi) is 2.65. The third kappa shape index (κ3) is 1.82. The van der Waals surface area contributed by atoms with Crippen molar-refractivity contribution in [3.05, 3.63) is 29.3 Å². The fraction of sp³-hybridized carbons (Fsp3) is 0.600. The van der Waals surface area contributed by atoms with Gasteiger partial charge in [-0.3, -0.25) is 4.90 Å². The van der Waals surface area contributed by atoms with Crippen molar-refractivity contribution in [3.8, 4) is 5.75 Å². The van der Waals surface area contributed by atoms with Crippen molar-refractivity contribution in [1.82, 2.24) is 4.90 Å². The van der Waals surface area contributed by atoms with Crippen molar-refractivity contribution >= 4 is 0 Å². The molecule has 1 saturated heterocycles. The van der Waals surface area contributed by atoms with Crippen LogP contribution in [0.3, 0.4) is 0 Å². The van der Waals surface area contributed by atoms with Gasteiger partial charge in [-0.25, -0.2) is 0 Å². The third-order valence-electron chi connectivity index (χ3n) is 4.44. The summed E-state index contributed by atoms with van der Waals surface area (Å²) in [5.41, 5.74) is 8.71. The number of aryl methyl sites for hydroxylation is 1. The van der Waals surface area contributed by atoms with Gasteiger partial charge in [0.15, 0.2) is 0 Å². The second-order valence-corrected chi connectivity index (χ2v) is 6.11. The van der Waals surface area contributed by atoms with E-state index in [1.165, 1.54) is 11.1 Å². The minimum atomic E-state index is -0.0736. The zero-order valence-electron chi connectivity index (χ0n) is 11.4. The van der Waals surface area contributed by atoms with E-state index < -0.39 is 0 Å². The molecule has 1 fully saturated rings. The van der Waals surface area contributed by atoms with Crippen molar-refractivity contribution in [1.29, 1.82) is 0 Å². The Labute approximate surface area is 109 Å². The maximum atomic E-state index is 6.36. The van der Waals surface area contributed by atoms with Gasteiger partial charge in [-0.05, 0) is 27.0 Å². The van der Waals surface area contributed by atoms with E-state index in [1.54, 1.807) is 0 Å². The number of hydrogen-bond donors (Lipinski definition) is 1. The molecule has 1 aromatic carbocycles. The molecule has 2 heterocycles. The molecule has 2 aliphatic heterocycles. The molecule has 2 unspecified atom stereocenters. The van der Waals surface area contributed by atoms with Gasteiger partial charge in [-0.15, -0.1) is 0 Å². The van der Waals surface area contributed by atoms with E-state index in [0.29, 0.717) is 6.04 Å². The standard InChI is InChI=1S/C15H22N2O/c1-10-4-5-14-12(6-10)13(16)8-15(18-14)7-11(2)17(3)9-15/h4-6,11,13H,7-9,16H2,1-3H3/t11?,13-,15?/m1/s1. The largest absolute Gasteiger partial charge is 0.485 e. The maximum absolute atomic E-state index is 6.36. The molecular formula is C15H22N2O. The normalized spacial score (nSPS) is 35.6. The van der Waals surface area contributed by atoms with E-state index in [4.69, 9.17) is 10.5 Å². The van der Waals surface area contributed by atoms with Gasteiger partial charge in [0.05, 0.1) is 0 Å². The summed E-state index contributed by atoms with van der Waals surface area (Å²) in [6.45, 7) is 5.34. The van der Waals surface area contributed by atoms with Crippen LogP contribution in [0.1, 0.15) is 36.9 Å². The van der Waals surface area contributed by atoms with Gasteiger partial charge in [0.25, 0.3) is 0 Å². The summed E-state index contributed by atoms with van der Waals surface area (Å²) in [5, 5.41) is 0. The molecule has 3 rings (SSSR count). The minimum absolute atomic E-state index is 0.0736. The van der Waals surface area contributed by atoms with E-state index in [9.17, 15) is 0 Å². The quantitative estimate of drug-likeness (QED) is 0.763. The van der Waals surface area contributed by atoms with Crippen molar-refractivity contribution in [3.63, 3.8) is 0 Å². The van der Waals surface area contributed by atoms with Gasteiger partial charge in [0, 0.05) is 37.0 Å². The van der Waals surface area contributed by atoms with Crippen LogP contribution in [0.4, 0.5) is 0 Å². The summed E-state index contributed by atoms with van der Waals surface area (Å²) in [7, 11) is 2.17. The summed E-state index contributed by atoms with van der Waals surface area (Å²) >= 11 is 0. The second-order valence-electron chi connectivity index (χ2n) is 6.11. The lowest BCUT2D eigenvalue weighted by atomic mass is 9.85. The summed E-state index contributed by atoms with van der Waals surface area (Å²) < 4.78 is 6.32. The van der Waals surface area contributed by atoms with E-state index in [0.717, 1.165) is 25.1 Å². The lowest BCUT2D eigenvalue weighted by molar-refractivity contribution is 0.0463. The van der Waals surface area contributed by atoms with Crippen LogP contribution < -0.4 is 10.5 Å². The number of rotatable bonds is 0. The van der Waals surface area contributed by atoms with Crippen molar-refractivity contribution < 1.29 is 4.74 Å². The predicted molar refractivity (Wildman–Crippen MR) is 72.8 cm³/mol. The molecule has 3 nitrogen and oxygen atoms in total. The van der Waals surface area contributed by atoms with E-state index in [2.05, 4.69) is 44.0 Å². The van der Waals surface area contributed by atoms with Crippen LogP contribution in [-0.4, -0.2) is 30.1 Å². The molecule has 18 heavy (non-hydrogen) atoms. The van der Waals surface area contributed by atoms with Gasteiger partial charge < -0.3 is 10.5 Å². The average Bonchev–Trinajstić information content (AvgIpc) is 2.55. The van der Waals surface area contributed by atoms with Gasteiger partial charge in [0.1, 0.15) is 11.4 Å². The van der Waals surface area contributed by atoms with Gasteiger partial charge >= 0.3 is 0 Å². The van der Waals surface area contributed by atoms with Gasteiger partial charge in [-0.1, -0.05) is 17.7 Å². The highest BCUT2D eigenvalue weighted by molar-refractivity contribution is 5.41. The number of nitrogens with two attached hydrogens (primary N) is 1. The Morgan fingerprint density at radius 2 is 2.17 bits per heavy atom. The zero-order valence-corrected chi connectivity index (χ0v) is 11.4. The number of fused-ring (bicyclic) bond motifs is 1.